The monoisotopic (exact) mass is 438 g/mol. The predicted octanol–water partition coefficient (Wildman–Crippen LogP) is 2.84. The van der Waals surface area contributed by atoms with Crippen molar-refractivity contribution in [2.45, 2.75) is 33.1 Å². The molecule has 0 radical (unpaired) electrons. The van der Waals surface area contributed by atoms with Gasteiger partial charge in [-0.15, -0.1) is 0 Å². The first-order valence-electron chi connectivity index (χ1n) is 11.2. The molecule has 1 N–H and O–H groups in total. The van der Waals surface area contributed by atoms with Gasteiger partial charge in [-0.1, -0.05) is 6.92 Å². The molecule has 2 aromatic rings. The minimum atomic E-state index is -0.293. The number of benzene rings is 1. The molecule has 1 aliphatic heterocycles. The summed E-state index contributed by atoms with van der Waals surface area (Å²) in [6.07, 6.45) is 2.34. The van der Waals surface area contributed by atoms with Crippen LogP contribution < -0.4 is 10.2 Å². The second-order valence-corrected chi connectivity index (χ2v) is 8.16. The number of likely N-dealkylation sites (N-methyl/N-ethyl adjacent to an activating group) is 1. The van der Waals surface area contributed by atoms with Crippen LogP contribution in [0.4, 0.5) is 0 Å². The highest BCUT2D eigenvalue weighted by atomic mass is 16.5. The van der Waals surface area contributed by atoms with E-state index in [9.17, 15) is 9.59 Å². The fraction of sp³-hybridized carbons (Fsp3) is 0.458. The number of amides is 2. The molecule has 1 saturated heterocycles. The zero-order valence-corrected chi connectivity index (χ0v) is 18.9. The third kappa shape index (κ3) is 4.41. The molecule has 1 aliphatic carbocycles. The van der Waals surface area contributed by atoms with Crippen LogP contribution in [0.15, 0.2) is 33.8 Å². The Morgan fingerprint density at radius 1 is 1.12 bits per heavy atom. The van der Waals surface area contributed by atoms with Gasteiger partial charge in [0.1, 0.15) is 11.5 Å². The second-order valence-electron chi connectivity index (χ2n) is 8.16. The van der Waals surface area contributed by atoms with E-state index in [0.29, 0.717) is 30.2 Å². The first kappa shape index (κ1) is 22.1. The lowest BCUT2D eigenvalue weighted by molar-refractivity contribution is 0.0609. The molecule has 2 heterocycles. The van der Waals surface area contributed by atoms with E-state index in [0.717, 1.165) is 61.5 Å². The standard InChI is InChI=1S/C24H30N4O4/c1-4-27-12-14-28(15-13-27)24(30)22-16(2)21-19(6-5-7-20(21)32-22)25-26-23(29)17-8-10-18(31-3)11-9-17/h8-11H,4-7,12-15H2,1-3H3,(H,26,29)/b25-19+. The quantitative estimate of drug-likeness (QED) is 0.726. The van der Waals surface area contributed by atoms with Gasteiger partial charge in [0, 0.05) is 49.3 Å². The van der Waals surface area contributed by atoms with E-state index in [1.807, 2.05) is 11.8 Å². The van der Waals surface area contributed by atoms with Crippen LogP contribution in [-0.4, -0.2) is 67.2 Å². The number of nitrogens with one attached hydrogen (secondary N) is 1. The van der Waals surface area contributed by atoms with Crippen molar-refractivity contribution in [3.63, 3.8) is 0 Å². The number of nitrogens with zero attached hydrogens (tertiary/aromatic N) is 3. The van der Waals surface area contributed by atoms with Crippen LogP contribution in [0.2, 0.25) is 0 Å². The molecule has 0 bridgehead atoms. The van der Waals surface area contributed by atoms with E-state index < -0.39 is 0 Å². The summed E-state index contributed by atoms with van der Waals surface area (Å²) in [4.78, 5) is 29.8. The predicted molar refractivity (Wildman–Crippen MR) is 121 cm³/mol. The number of piperazine rings is 1. The molecule has 32 heavy (non-hydrogen) atoms. The number of fused-ring (bicyclic) bond motifs is 1. The van der Waals surface area contributed by atoms with Gasteiger partial charge in [-0.05, 0) is 50.6 Å². The van der Waals surface area contributed by atoms with Crippen LogP contribution in [0.3, 0.4) is 0 Å². The Labute approximate surface area is 188 Å². The Bertz CT molecular complexity index is 1020. The molecular formula is C24H30N4O4. The molecule has 4 rings (SSSR count). The van der Waals surface area contributed by atoms with E-state index in [-0.39, 0.29) is 11.8 Å². The molecule has 1 aromatic carbocycles. The van der Waals surface area contributed by atoms with Gasteiger partial charge in [0.25, 0.3) is 11.8 Å². The maximum absolute atomic E-state index is 13.1. The van der Waals surface area contributed by atoms with Gasteiger partial charge in [-0.3, -0.25) is 9.59 Å². The highest BCUT2D eigenvalue weighted by Gasteiger charge is 2.31. The Morgan fingerprint density at radius 2 is 1.84 bits per heavy atom. The molecule has 0 spiro atoms. The van der Waals surface area contributed by atoms with Crippen molar-refractivity contribution < 1.29 is 18.7 Å². The molecule has 170 valence electrons. The summed E-state index contributed by atoms with van der Waals surface area (Å²) in [6.45, 7) is 8.21. The van der Waals surface area contributed by atoms with Crippen LogP contribution in [0.1, 0.15) is 57.6 Å². The Kier molecular flexibility index (Phi) is 6.60. The van der Waals surface area contributed by atoms with Crippen molar-refractivity contribution in [3.05, 3.63) is 52.5 Å². The Hall–Kier alpha value is -3.13. The van der Waals surface area contributed by atoms with Crippen molar-refractivity contribution in [2.75, 3.05) is 39.8 Å². The van der Waals surface area contributed by atoms with E-state index in [2.05, 4.69) is 22.4 Å². The van der Waals surface area contributed by atoms with Gasteiger partial charge in [-0.25, -0.2) is 5.43 Å². The van der Waals surface area contributed by atoms with Gasteiger partial charge in [0.2, 0.25) is 0 Å². The third-order valence-electron chi connectivity index (χ3n) is 6.27. The summed E-state index contributed by atoms with van der Waals surface area (Å²) >= 11 is 0. The maximum Gasteiger partial charge on any atom is 0.289 e. The highest BCUT2D eigenvalue weighted by Crippen LogP contribution is 2.30. The summed E-state index contributed by atoms with van der Waals surface area (Å²) in [5.41, 5.74) is 5.57. The number of hydrazone groups is 1. The van der Waals surface area contributed by atoms with Crippen LogP contribution in [0, 0.1) is 6.92 Å². The molecule has 2 aliphatic rings. The van der Waals surface area contributed by atoms with Crippen LogP contribution in [0.25, 0.3) is 0 Å². The molecular weight excluding hydrogens is 408 g/mol. The maximum atomic E-state index is 13.1. The number of ether oxygens (including phenoxy) is 1. The fourth-order valence-corrected chi connectivity index (χ4v) is 4.32. The number of hydrogen-bond donors (Lipinski definition) is 1. The summed E-state index contributed by atoms with van der Waals surface area (Å²) < 4.78 is 11.2. The first-order valence-corrected chi connectivity index (χ1v) is 11.2. The van der Waals surface area contributed by atoms with Gasteiger partial charge in [0.15, 0.2) is 5.76 Å². The lowest BCUT2D eigenvalue weighted by Crippen LogP contribution is -2.48. The van der Waals surface area contributed by atoms with Gasteiger partial charge in [0.05, 0.1) is 12.8 Å². The molecule has 1 fully saturated rings. The largest absolute Gasteiger partial charge is 0.497 e. The van der Waals surface area contributed by atoms with Crippen molar-refractivity contribution in [1.82, 2.24) is 15.2 Å². The summed E-state index contributed by atoms with van der Waals surface area (Å²) in [5.74, 6) is 1.51. The molecule has 8 nitrogen and oxygen atoms in total. The van der Waals surface area contributed by atoms with Crippen molar-refractivity contribution in [3.8, 4) is 5.75 Å². The van der Waals surface area contributed by atoms with Gasteiger partial charge < -0.3 is 19.0 Å². The molecule has 0 saturated carbocycles. The summed E-state index contributed by atoms with van der Waals surface area (Å²) in [6, 6.07) is 6.86. The Balaban J connectivity index is 1.51. The zero-order valence-electron chi connectivity index (χ0n) is 18.9. The summed E-state index contributed by atoms with van der Waals surface area (Å²) in [7, 11) is 1.58. The number of carbonyl (C=O) groups is 2. The molecule has 2 amide bonds. The number of hydrogen-bond acceptors (Lipinski definition) is 6. The fourth-order valence-electron chi connectivity index (χ4n) is 4.32. The number of rotatable bonds is 5. The van der Waals surface area contributed by atoms with Crippen LogP contribution >= 0.6 is 0 Å². The zero-order chi connectivity index (χ0) is 22.7. The first-order chi connectivity index (χ1) is 15.5. The lowest BCUT2D eigenvalue weighted by Gasteiger charge is -2.33. The minimum absolute atomic E-state index is 0.0609. The van der Waals surface area contributed by atoms with Gasteiger partial charge in [-0.2, -0.15) is 5.10 Å². The van der Waals surface area contributed by atoms with E-state index >= 15 is 0 Å². The van der Waals surface area contributed by atoms with E-state index in [1.54, 1.807) is 31.4 Å². The van der Waals surface area contributed by atoms with Crippen molar-refractivity contribution in [2.24, 2.45) is 5.10 Å². The van der Waals surface area contributed by atoms with Crippen molar-refractivity contribution >= 4 is 17.5 Å². The van der Waals surface area contributed by atoms with E-state index in [1.165, 1.54) is 0 Å². The molecule has 0 atom stereocenters. The van der Waals surface area contributed by atoms with E-state index in [4.69, 9.17) is 9.15 Å². The second kappa shape index (κ2) is 9.56. The third-order valence-corrected chi connectivity index (χ3v) is 6.27. The average Bonchev–Trinajstić information content (AvgIpc) is 3.19. The normalized spacial score (nSPS) is 17.8. The average molecular weight is 439 g/mol. The lowest BCUT2D eigenvalue weighted by atomic mass is 9.93. The smallest absolute Gasteiger partial charge is 0.289 e. The number of furan rings is 1. The molecule has 8 heteroatoms. The van der Waals surface area contributed by atoms with Crippen molar-refractivity contribution in [1.29, 1.82) is 0 Å². The van der Waals surface area contributed by atoms with Crippen LogP contribution in [0.5, 0.6) is 5.75 Å². The number of methoxy groups -OCH3 is 1. The van der Waals surface area contributed by atoms with Gasteiger partial charge >= 0.3 is 0 Å². The SMILES string of the molecule is CCN1CCN(C(=O)c2oc3c(c2C)/C(=N/NC(=O)c2ccc(OC)cc2)CCC3)CC1. The number of aryl methyl sites for hydroxylation is 1. The Morgan fingerprint density at radius 3 is 2.50 bits per heavy atom. The highest BCUT2D eigenvalue weighted by molar-refractivity contribution is 6.07. The summed E-state index contributed by atoms with van der Waals surface area (Å²) in [5, 5.41) is 4.40. The molecule has 0 unspecified atom stereocenters. The number of carbonyl (C=O) groups excluding carboxylic acids is 2. The molecule has 1 aromatic heterocycles. The topological polar surface area (TPSA) is 87.4 Å². The van der Waals surface area contributed by atoms with Crippen LogP contribution in [-0.2, 0) is 6.42 Å². The minimum Gasteiger partial charge on any atom is -0.497 e.